The van der Waals surface area contributed by atoms with Crippen molar-refractivity contribution in [3.8, 4) is 0 Å². The number of hydrogen-bond acceptors (Lipinski definition) is 4. The first-order valence-corrected chi connectivity index (χ1v) is 8.04. The van der Waals surface area contributed by atoms with Gasteiger partial charge in [-0.3, -0.25) is 10.3 Å². The average Bonchev–Trinajstić information content (AvgIpc) is 2.55. The van der Waals surface area contributed by atoms with Crippen LogP contribution in [0.2, 0.25) is 0 Å². The highest BCUT2D eigenvalue weighted by atomic mass is 16.5. The van der Waals surface area contributed by atoms with Gasteiger partial charge in [-0.1, -0.05) is 50.1 Å². The van der Waals surface area contributed by atoms with Gasteiger partial charge in [-0.25, -0.2) is 4.99 Å². The van der Waals surface area contributed by atoms with Crippen LogP contribution in [0.15, 0.2) is 40.3 Å². The molecule has 1 aromatic carbocycles. The molecule has 4 nitrogen and oxygen atoms in total. The fourth-order valence-electron chi connectivity index (χ4n) is 2.55. The molecule has 0 saturated heterocycles. The third-order valence-corrected chi connectivity index (χ3v) is 4.32. The molecule has 1 aliphatic heterocycles. The number of nitrogens with zero attached hydrogens (tertiary/aromatic N) is 2. The molecule has 0 bridgehead atoms. The highest BCUT2D eigenvalue weighted by molar-refractivity contribution is 6.05. The van der Waals surface area contributed by atoms with Gasteiger partial charge in [0.1, 0.15) is 5.60 Å². The van der Waals surface area contributed by atoms with Gasteiger partial charge in [-0.05, 0) is 25.8 Å². The second-order valence-electron chi connectivity index (χ2n) is 5.95. The summed E-state index contributed by atoms with van der Waals surface area (Å²) in [6, 6.07) is 10.8. The molecule has 1 N–H and O–H groups in total. The summed E-state index contributed by atoms with van der Waals surface area (Å²) in [6.07, 6.45) is 5.08. The van der Waals surface area contributed by atoms with Crippen molar-refractivity contribution in [1.82, 2.24) is 5.32 Å². The summed E-state index contributed by atoms with van der Waals surface area (Å²) in [5, 5.41) is 3.56. The van der Waals surface area contributed by atoms with E-state index in [1.807, 2.05) is 26.1 Å². The van der Waals surface area contributed by atoms with E-state index in [2.05, 4.69) is 46.5 Å². The monoisotopic (exact) mass is 301 g/mol. The zero-order chi connectivity index (χ0) is 16.0. The van der Waals surface area contributed by atoms with E-state index in [1.165, 1.54) is 18.4 Å². The molecule has 3 atom stereocenters. The normalized spacial score (nSPS) is 25.8. The number of nitrogens with one attached hydrogen (secondary N) is 1. The quantitative estimate of drug-likeness (QED) is 0.834. The van der Waals surface area contributed by atoms with Gasteiger partial charge in [-0.15, -0.1) is 0 Å². The molecule has 22 heavy (non-hydrogen) atoms. The van der Waals surface area contributed by atoms with Crippen LogP contribution in [-0.2, 0) is 4.74 Å². The molecule has 0 spiro atoms. The molecule has 0 saturated carbocycles. The van der Waals surface area contributed by atoms with Crippen LogP contribution < -0.4 is 5.32 Å². The summed E-state index contributed by atoms with van der Waals surface area (Å²) < 4.78 is 5.49. The van der Waals surface area contributed by atoms with Crippen LogP contribution in [-0.4, -0.2) is 30.9 Å². The number of unbranched alkanes of at least 4 members (excludes halogenated alkanes) is 1. The van der Waals surface area contributed by atoms with Gasteiger partial charge in [0, 0.05) is 19.4 Å². The maximum absolute atomic E-state index is 5.49. The smallest absolute Gasteiger partial charge is 0.193 e. The Morgan fingerprint density at radius 1 is 1.32 bits per heavy atom. The highest BCUT2D eigenvalue weighted by Gasteiger charge is 2.30. The molecule has 2 rings (SSSR count). The van der Waals surface area contributed by atoms with Gasteiger partial charge in [0.05, 0.1) is 5.71 Å². The SMILES string of the molecule is CCCCC(NC1N=CC(C)(OC)C(C)=N1)c1ccccc1. The number of methoxy groups -OCH3 is 1. The number of ether oxygens (including phenoxy) is 1. The minimum atomic E-state index is -0.482. The van der Waals surface area contributed by atoms with Gasteiger partial charge in [0.2, 0.25) is 0 Å². The summed E-state index contributed by atoms with van der Waals surface area (Å²) in [5.41, 5.74) is 1.76. The Kier molecular flexibility index (Phi) is 5.86. The minimum Gasteiger partial charge on any atom is -0.367 e. The first-order valence-electron chi connectivity index (χ1n) is 8.04. The molecule has 0 amide bonds. The molecule has 1 aliphatic rings. The summed E-state index contributed by atoms with van der Waals surface area (Å²) in [7, 11) is 1.69. The Hall–Kier alpha value is -1.52. The van der Waals surface area contributed by atoms with Crippen LogP contribution >= 0.6 is 0 Å². The average molecular weight is 301 g/mol. The summed E-state index contributed by atoms with van der Waals surface area (Å²) in [6.45, 7) is 6.19. The van der Waals surface area contributed by atoms with Crippen molar-refractivity contribution in [3.05, 3.63) is 35.9 Å². The Morgan fingerprint density at radius 2 is 2.05 bits per heavy atom. The number of rotatable bonds is 7. The molecule has 120 valence electrons. The Balaban J connectivity index is 2.10. The van der Waals surface area contributed by atoms with E-state index >= 15 is 0 Å². The lowest BCUT2D eigenvalue weighted by atomic mass is 10.00. The predicted molar refractivity (Wildman–Crippen MR) is 92.6 cm³/mol. The van der Waals surface area contributed by atoms with Crippen LogP contribution in [0.1, 0.15) is 51.6 Å². The van der Waals surface area contributed by atoms with Crippen LogP contribution in [0.3, 0.4) is 0 Å². The van der Waals surface area contributed by atoms with E-state index in [0.717, 1.165) is 12.1 Å². The van der Waals surface area contributed by atoms with Crippen molar-refractivity contribution in [2.75, 3.05) is 7.11 Å². The van der Waals surface area contributed by atoms with Gasteiger partial charge in [0.25, 0.3) is 0 Å². The maximum Gasteiger partial charge on any atom is 0.193 e. The second-order valence-corrected chi connectivity index (χ2v) is 5.95. The first kappa shape index (κ1) is 16.8. The molecule has 0 fully saturated rings. The fraction of sp³-hybridized carbons (Fsp3) is 0.556. The van der Waals surface area contributed by atoms with Crippen LogP contribution in [0.4, 0.5) is 0 Å². The molecular formula is C18H27N3O. The predicted octanol–water partition coefficient (Wildman–Crippen LogP) is 3.74. The maximum atomic E-state index is 5.49. The van der Waals surface area contributed by atoms with Crippen LogP contribution in [0, 0.1) is 0 Å². The Morgan fingerprint density at radius 3 is 2.64 bits per heavy atom. The van der Waals surface area contributed by atoms with Crippen LogP contribution in [0.25, 0.3) is 0 Å². The zero-order valence-corrected chi connectivity index (χ0v) is 14.0. The van der Waals surface area contributed by atoms with Gasteiger partial charge in [-0.2, -0.15) is 0 Å². The Labute approximate surface area is 133 Å². The lowest BCUT2D eigenvalue weighted by molar-refractivity contribution is 0.124. The van der Waals surface area contributed by atoms with Crippen molar-refractivity contribution in [1.29, 1.82) is 0 Å². The minimum absolute atomic E-state index is 0.231. The summed E-state index contributed by atoms with van der Waals surface area (Å²) in [5.74, 6) is 0. The van der Waals surface area contributed by atoms with Crippen LogP contribution in [0.5, 0.6) is 0 Å². The lowest BCUT2D eigenvalue weighted by Crippen LogP contribution is -2.44. The van der Waals surface area contributed by atoms with E-state index in [0.29, 0.717) is 0 Å². The summed E-state index contributed by atoms with van der Waals surface area (Å²) >= 11 is 0. The topological polar surface area (TPSA) is 46.0 Å². The van der Waals surface area contributed by atoms with Crippen molar-refractivity contribution in [2.24, 2.45) is 9.98 Å². The first-order chi connectivity index (χ1) is 10.6. The molecule has 3 unspecified atom stereocenters. The van der Waals surface area contributed by atoms with Gasteiger partial charge >= 0.3 is 0 Å². The lowest BCUT2D eigenvalue weighted by Gasteiger charge is -2.30. The van der Waals surface area contributed by atoms with E-state index < -0.39 is 5.60 Å². The second kappa shape index (κ2) is 7.65. The largest absolute Gasteiger partial charge is 0.367 e. The fourth-order valence-corrected chi connectivity index (χ4v) is 2.55. The van der Waals surface area contributed by atoms with Crippen molar-refractivity contribution in [2.45, 2.75) is 58.0 Å². The molecular weight excluding hydrogens is 274 g/mol. The third kappa shape index (κ3) is 4.02. The molecule has 1 aromatic rings. The molecule has 0 radical (unpaired) electrons. The molecule has 0 aromatic heterocycles. The molecule has 4 heteroatoms. The van der Waals surface area contributed by atoms with E-state index in [1.54, 1.807) is 7.11 Å². The van der Waals surface area contributed by atoms with E-state index in [4.69, 9.17) is 4.74 Å². The van der Waals surface area contributed by atoms with E-state index in [-0.39, 0.29) is 12.3 Å². The third-order valence-electron chi connectivity index (χ3n) is 4.32. The number of aliphatic imine (C=N–C) groups is 2. The van der Waals surface area contributed by atoms with Gasteiger partial charge in [0.15, 0.2) is 6.29 Å². The van der Waals surface area contributed by atoms with E-state index in [9.17, 15) is 0 Å². The summed E-state index contributed by atoms with van der Waals surface area (Å²) in [4.78, 5) is 9.19. The number of hydrogen-bond donors (Lipinski definition) is 1. The zero-order valence-electron chi connectivity index (χ0n) is 14.0. The number of benzene rings is 1. The van der Waals surface area contributed by atoms with Crippen molar-refractivity contribution < 1.29 is 4.74 Å². The van der Waals surface area contributed by atoms with Gasteiger partial charge < -0.3 is 4.74 Å². The molecule has 1 heterocycles. The molecule has 0 aliphatic carbocycles. The highest BCUT2D eigenvalue weighted by Crippen LogP contribution is 2.22. The van der Waals surface area contributed by atoms with Crippen molar-refractivity contribution in [3.63, 3.8) is 0 Å². The standard InChI is InChI=1S/C18H27N3O/c1-5-6-12-16(15-10-8-7-9-11-15)21-17-19-13-18(3,22-4)14(2)20-17/h7-11,13,16-17,21H,5-6,12H2,1-4H3. The Bertz CT molecular complexity index is 526. The van der Waals surface area contributed by atoms with Crippen molar-refractivity contribution >= 4 is 11.9 Å².